The van der Waals surface area contributed by atoms with Gasteiger partial charge >= 0.3 is 0 Å². The third-order valence-corrected chi connectivity index (χ3v) is 5.77. The van der Waals surface area contributed by atoms with Crippen LogP contribution in [0.3, 0.4) is 0 Å². The molecule has 5 rings (SSSR count). The Kier molecular flexibility index (Phi) is 2.58. The summed E-state index contributed by atoms with van der Waals surface area (Å²) in [6.07, 6.45) is 5.26. The van der Waals surface area contributed by atoms with Crippen molar-refractivity contribution in [1.29, 1.82) is 0 Å². The largest absolute Gasteiger partial charge is 0.278 e. The summed E-state index contributed by atoms with van der Waals surface area (Å²) in [5, 5.41) is 2.26. The molecule has 2 aromatic carbocycles. The second-order valence-corrected chi connectivity index (χ2v) is 6.90. The summed E-state index contributed by atoms with van der Waals surface area (Å²) in [4.78, 5) is 27.1. The van der Waals surface area contributed by atoms with Gasteiger partial charge in [0.1, 0.15) is 0 Å². The van der Waals surface area contributed by atoms with Crippen molar-refractivity contribution in [2.24, 2.45) is 23.7 Å². The standard InChI is InChI=1S/C20H17NO2/c22-19-17-13-8-9-14(10-13)18(17)20(23)21(19)11-15-6-3-5-12-4-1-2-7-16(12)15/h1-9,13-14,17-18H,10-11H2/t13-,14-,17-,18+/m0/s1. The van der Waals surface area contributed by atoms with E-state index in [1.165, 1.54) is 4.90 Å². The molecule has 0 aromatic heterocycles. The number of allylic oxidation sites excluding steroid dienone is 2. The highest BCUT2D eigenvalue weighted by Crippen LogP contribution is 2.52. The van der Waals surface area contributed by atoms with Gasteiger partial charge in [-0.15, -0.1) is 0 Å². The number of rotatable bonds is 2. The summed E-state index contributed by atoms with van der Waals surface area (Å²) in [6.45, 7) is 0.394. The van der Waals surface area contributed by atoms with Crippen molar-refractivity contribution in [3.63, 3.8) is 0 Å². The van der Waals surface area contributed by atoms with Gasteiger partial charge in [-0.1, -0.05) is 54.6 Å². The molecule has 0 spiro atoms. The minimum atomic E-state index is -0.104. The number of hydrogen-bond acceptors (Lipinski definition) is 2. The molecule has 0 unspecified atom stereocenters. The lowest BCUT2D eigenvalue weighted by Crippen LogP contribution is -2.32. The third-order valence-electron chi connectivity index (χ3n) is 5.77. The predicted octanol–water partition coefficient (Wildman–Crippen LogP) is 3.15. The molecule has 0 radical (unpaired) electrons. The van der Waals surface area contributed by atoms with Gasteiger partial charge in [0.2, 0.25) is 11.8 Å². The molecule has 2 aliphatic carbocycles. The summed E-state index contributed by atoms with van der Waals surface area (Å²) in [5.41, 5.74) is 1.05. The van der Waals surface area contributed by atoms with E-state index < -0.39 is 0 Å². The van der Waals surface area contributed by atoms with E-state index in [2.05, 4.69) is 30.4 Å². The number of imide groups is 1. The van der Waals surface area contributed by atoms with Crippen LogP contribution < -0.4 is 0 Å². The van der Waals surface area contributed by atoms with Crippen LogP contribution in [0.15, 0.2) is 54.6 Å². The van der Waals surface area contributed by atoms with E-state index in [0.717, 1.165) is 22.8 Å². The van der Waals surface area contributed by atoms with Gasteiger partial charge in [0.05, 0.1) is 18.4 Å². The van der Waals surface area contributed by atoms with Gasteiger partial charge in [-0.25, -0.2) is 0 Å². The van der Waals surface area contributed by atoms with Crippen molar-refractivity contribution in [3.05, 3.63) is 60.2 Å². The first kappa shape index (κ1) is 13.1. The van der Waals surface area contributed by atoms with Gasteiger partial charge in [-0.05, 0) is 34.6 Å². The molecule has 0 N–H and O–H groups in total. The monoisotopic (exact) mass is 303 g/mol. The van der Waals surface area contributed by atoms with Gasteiger partial charge in [-0.3, -0.25) is 14.5 Å². The molecule has 1 heterocycles. The van der Waals surface area contributed by atoms with E-state index in [9.17, 15) is 9.59 Å². The van der Waals surface area contributed by atoms with Gasteiger partial charge in [0.15, 0.2) is 0 Å². The van der Waals surface area contributed by atoms with Crippen LogP contribution in [-0.4, -0.2) is 16.7 Å². The fourth-order valence-electron chi connectivity index (χ4n) is 4.72. The maximum absolute atomic E-state index is 12.8. The molecular weight excluding hydrogens is 286 g/mol. The lowest BCUT2D eigenvalue weighted by molar-refractivity contribution is -0.141. The van der Waals surface area contributed by atoms with Crippen LogP contribution in [0.1, 0.15) is 12.0 Å². The zero-order valence-electron chi connectivity index (χ0n) is 12.7. The molecule has 2 amide bonds. The highest BCUT2D eigenvalue weighted by Gasteiger charge is 2.59. The summed E-state index contributed by atoms with van der Waals surface area (Å²) >= 11 is 0. The summed E-state index contributed by atoms with van der Waals surface area (Å²) in [5.74, 6) is 0.410. The fraction of sp³-hybridized carbons (Fsp3) is 0.300. The van der Waals surface area contributed by atoms with E-state index >= 15 is 0 Å². The Bertz CT molecular complexity index is 834. The zero-order valence-corrected chi connectivity index (χ0v) is 12.7. The molecule has 1 aliphatic heterocycles. The van der Waals surface area contributed by atoms with E-state index in [1.807, 2.05) is 24.3 Å². The second kappa shape index (κ2) is 4.54. The molecule has 2 fully saturated rings. The summed E-state index contributed by atoms with van der Waals surface area (Å²) in [7, 11) is 0. The number of carbonyl (C=O) groups is 2. The number of hydrogen-bond donors (Lipinski definition) is 0. The van der Waals surface area contributed by atoms with Crippen molar-refractivity contribution in [2.75, 3.05) is 0 Å². The SMILES string of the molecule is O=C1[C@@H]2[C@H](C(=O)N1Cc1cccc3ccccc13)[C@H]1C=C[C@H]2C1. The Morgan fingerprint density at radius 3 is 2.26 bits per heavy atom. The Morgan fingerprint density at radius 2 is 1.52 bits per heavy atom. The maximum atomic E-state index is 12.8. The molecule has 3 heteroatoms. The van der Waals surface area contributed by atoms with Crippen LogP contribution in [0.2, 0.25) is 0 Å². The average Bonchev–Trinajstić information content (AvgIpc) is 3.25. The Hall–Kier alpha value is -2.42. The summed E-state index contributed by atoms with van der Waals surface area (Å²) < 4.78 is 0. The predicted molar refractivity (Wildman–Crippen MR) is 87.2 cm³/mol. The highest BCUT2D eigenvalue weighted by molar-refractivity contribution is 6.06. The number of carbonyl (C=O) groups excluding carboxylic acids is 2. The maximum Gasteiger partial charge on any atom is 0.234 e. The third kappa shape index (κ3) is 1.70. The molecule has 1 saturated heterocycles. The molecular formula is C20H17NO2. The van der Waals surface area contributed by atoms with Gasteiger partial charge in [0, 0.05) is 0 Å². The number of likely N-dealkylation sites (tertiary alicyclic amines) is 1. The average molecular weight is 303 g/mol. The second-order valence-electron chi connectivity index (χ2n) is 6.90. The zero-order chi connectivity index (χ0) is 15.6. The number of benzene rings is 2. The van der Waals surface area contributed by atoms with E-state index in [4.69, 9.17) is 0 Å². The lowest BCUT2D eigenvalue weighted by atomic mass is 9.85. The summed E-state index contributed by atoms with van der Waals surface area (Å²) in [6, 6.07) is 14.2. The molecule has 3 aliphatic rings. The van der Waals surface area contributed by atoms with Crippen LogP contribution in [0, 0.1) is 23.7 Å². The molecule has 3 nitrogen and oxygen atoms in total. The normalized spacial score (nSPS) is 31.4. The van der Waals surface area contributed by atoms with Crippen LogP contribution in [0.25, 0.3) is 10.8 Å². The lowest BCUT2D eigenvalue weighted by Gasteiger charge is -2.18. The van der Waals surface area contributed by atoms with Crippen molar-refractivity contribution in [3.8, 4) is 0 Å². The highest BCUT2D eigenvalue weighted by atomic mass is 16.2. The molecule has 114 valence electrons. The Balaban J connectivity index is 1.51. The van der Waals surface area contributed by atoms with E-state index in [0.29, 0.717) is 6.54 Å². The van der Waals surface area contributed by atoms with Gasteiger partial charge < -0.3 is 0 Å². The van der Waals surface area contributed by atoms with Crippen molar-refractivity contribution in [1.82, 2.24) is 4.90 Å². The van der Waals surface area contributed by atoms with Crippen LogP contribution in [-0.2, 0) is 16.1 Å². The number of nitrogens with zero attached hydrogens (tertiary/aromatic N) is 1. The number of amides is 2. The van der Waals surface area contributed by atoms with Crippen molar-refractivity contribution in [2.45, 2.75) is 13.0 Å². The topological polar surface area (TPSA) is 37.4 Å². The first-order valence-corrected chi connectivity index (χ1v) is 8.24. The van der Waals surface area contributed by atoms with Crippen molar-refractivity contribution < 1.29 is 9.59 Å². The van der Waals surface area contributed by atoms with Crippen LogP contribution in [0.4, 0.5) is 0 Å². The Morgan fingerprint density at radius 1 is 0.870 bits per heavy atom. The molecule has 2 aromatic rings. The quantitative estimate of drug-likeness (QED) is 0.631. The van der Waals surface area contributed by atoms with Gasteiger partial charge in [0.25, 0.3) is 0 Å². The van der Waals surface area contributed by atoms with E-state index in [-0.39, 0.29) is 35.5 Å². The molecule has 23 heavy (non-hydrogen) atoms. The smallest absolute Gasteiger partial charge is 0.234 e. The fourth-order valence-corrected chi connectivity index (χ4v) is 4.72. The minimum Gasteiger partial charge on any atom is -0.278 e. The number of fused-ring (bicyclic) bond motifs is 6. The van der Waals surface area contributed by atoms with E-state index in [1.54, 1.807) is 0 Å². The first-order chi connectivity index (χ1) is 11.2. The van der Waals surface area contributed by atoms with Gasteiger partial charge in [-0.2, -0.15) is 0 Å². The minimum absolute atomic E-state index is 0.0322. The van der Waals surface area contributed by atoms with Crippen molar-refractivity contribution >= 4 is 22.6 Å². The Labute approximate surface area is 134 Å². The molecule has 4 atom stereocenters. The first-order valence-electron chi connectivity index (χ1n) is 8.24. The van der Waals surface area contributed by atoms with Crippen LogP contribution >= 0.6 is 0 Å². The van der Waals surface area contributed by atoms with Crippen LogP contribution in [0.5, 0.6) is 0 Å². The molecule has 1 saturated carbocycles. The molecule has 2 bridgehead atoms.